The molecule has 1 fully saturated rings. The molecule has 1 N–H and O–H groups in total. The second-order valence-corrected chi connectivity index (χ2v) is 8.49. The van der Waals surface area contributed by atoms with Crippen LogP contribution in [-0.4, -0.2) is 26.6 Å². The molecular weight excluding hydrogens is 360 g/mol. The Kier molecular flexibility index (Phi) is 5.01. The number of nitrogens with one attached hydrogen (secondary N) is 1. The van der Waals surface area contributed by atoms with Gasteiger partial charge in [-0.25, -0.2) is 8.42 Å². The molecular formula is C18H19ClN2O3S. The van der Waals surface area contributed by atoms with Crippen molar-refractivity contribution in [2.45, 2.75) is 19.4 Å². The van der Waals surface area contributed by atoms with Crippen molar-refractivity contribution in [3.63, 3.8) is 0 Å². The van der Waals surface area contributed by atoms with E-state index in [0.717, 1.165) is 5.56 Å². The molecule has 3 rings (SSSR count). The third-order valence-corrected chi connectivity index (χ3v) is 6.33. The zero-order valence-corrected chi connectivity index (χ0v) is 15.3. The van der Waals surface area contributed by atoms with E-state index in [-0.39, 0.29) is 17.7 Å². The number of nitrogens with zero attached hydrogens (tertiary/aromatic N) is 1. The molecule has 5 nitrogen and oxygen atoms in total. The van der Waals surface area contributed by atoms with Crippen molar-refractivity contribution < 1.29 is 13.2 Å². The highest BCUT2D eigenvalue weighted by atomic mass is 35.5. The van der Waals surface area contributed by atoms with Crippen LogP contribution in [-0.2, 0) is 10.0 Å². The predicted molar refractivity (Wildman–Crippen MR) is 99.5 cm³/mol. The van der Waals surface area contributed by atoms with Crippen molar-refractivity contribution >= 4 is 33.2 Å². The summed E-state index contributed by atoms with van der Waals surface area (Å²) in [4.78, 5) is 12.5. The summed E-state index contributed by atoms with van der Waals surface area (Å²) in [7, 11) is -3.26. The highest BCUT2D eigenvalue weighted by Gasteiger charge is 2.28. The largest absolute Gasteiger partial charge is 0.346 e. The van der Waals surface area contributed by atoms with Gasteiger partial charge in [-0.1, -0.05) is 29.8 Å². The van der Waals surface area contributed by atoms with E-state index in [0.29, 0.717) is 29.2 Å². The zero-order chi connectivity index (χ0) is 18.0. The van der Waals surface area contributed by atoms with Gasteiger partial charge in [0.25, 0.3) is 5.91 Å². The number of sulfonamides is 1. The quantitative estimate of drug-likeness (QED) is 0.886. The molecule has 1 aliphatic rings. The Morgan fingerprint density at radius 3 is 2.56 bits per heavy atom. The van der Waals surface area contributed by atoms with Gasteiger partial charge in [0.15, 0.2) is 0 Å². The van der Waals surface area contributed by atoms with Gasteiger partial charge in [-0.05, 0) is 49.2 Å². The van der Waals surface area contributed by atoms with Crippen molar-refractivity contribution in [3.05, 3.63) is 64.7 Å². The third-order valence-electron chi connectivity index (χ3n) is 4.21. The van der Waals surface area contributed by atoms with E-state index in [2.05, 4.69) is 5.32 Å². The van der Waals surface area contributed by atoms with Crippen LogP contribution in [0, 0.1) is 0 Å². The Hall–Kier alpha value is -2.05. The molecule has 0 aliphatic carbocycles. The molecule has 1 heterocycles. The maximum absolute atomic E-state index is 12.5. The molecule has 0 bridgehead atoms. The highest BCUT2D eigenvalue weighted by Crippen LogP contribution is 2.25. The summed E-state index contributed by atoms with van der Waals surface area (Å²) >= 11 is 5.88. The van der Waals surface area contributed by atoms with Crippen LogP contribution in [0.1, 0.15) is 35.3 Å². The molecule has 2 aromatic rings. The van der Waals surface area contributed by atoms with Crippen molar-refractivity contribution in [1.82, 2.24) is 5.32 Å². The topological polar surface area (TPSA) is 66.5 Å². The fourth-order valence-electron chi connectivity index (χ4n) is 2.85. The molecule has 2 aromatic carbocycles. The summed E-state index contributed by atoms with van der Waals surface area (Å²) < 4.78 is 25.5. The highest BCUT2D eigenvalue weighted by molar-refractivity contribution is 7.93. The van der Waals surface area contributed by atoms with Crippen molar-refractivity contribution in [3.8, 4) is 0 Å². The minimum Gasteiger partial charge on any atom is -0.346 e. The molecule has 1 amide bonds. The van der Waals surface area contributed by atoms with E-state index in [1.54, 1.807) is 36.4 Å². The molecule has 1 atom stereocenters. The van der Waals surface area contributed by atoms with Crippen LogP contribution in [0.5, 0.6) is 0 Å². The SMILES string of the molecule is C[C@H](NC(=O)c1cccc(N2CCCS2(=O)=O)c1)c1ccc(Cl)cc1. The Morgan fingerprint density at radius 2 is 1.92 bits per heavy atom. The fourth-order valence-corrected chi connectivity index (χ4v) is 4.53. The first kappa shape index (κ1) is 17.8. The summed E-state index contributed by atoms with van der Waals surface area (Å²) in [5.74, 6) is -0.0993. The monoisotopic (exact) mass is 378 g/mol. The first-order valence-corrected chi connectivity index (χ1v) is 10.0. The Labute approximate surface area is 152 Å². The second kappa shape index (κ2) is 7.06. The summed E-state index contributed by atoms with van der Waals surface area (Å²) in [6, 6.07) is 13.8. The molecule has 0 radical (unpaired) electrons. The molecule has 0 spiro atoms. The summed E-state index contributed by atoms with van der Waals surface area (Å²) in [6.45, 7) is 2.34. The van der Waals surface area contributed by atoms with E-state index in [1.165, 1.54) is 4.31 Å². The lowest BCUT2D eigenvalue weighted by Gasteiger charge is -2.18. The van der Waals surface area contributed by atoms with E-state index >= 15 is 0 Å². The first-order chi connectivity index (χ1) is 11.9. The minimum atomic E-state index is -3.26. The number of carbonyl (C=O) groups excluding carboxylic acids is 1. The Morgan fingerprint density at radius 1 is 1.20 bits per heavy atom. The number of hydrogen-bond donors (Lipinski definition) is 1. The Bertz CT molecular complexity index is 881. The van der Waals surface area contributed by atoms with E-state index < -0.39 is 10.0 Å². The number of benzene rings is 2. The number of anilines is 1. The molecule has 7 heteroatoms. The van der Waals surface area contributed by atoms with Gasteiger partial charge in [0.1, 0.15) is 0 Å². The lowest BCUT2D eigenvalue weighted by atomic mass is 10.1. The molecule has 1 aliphatic heterocycles. The van der Waals surface area contributed by atoms with Crippen LogP contribution in [0.3, 0.4) is 0 Å². The smallest absolute Gasteiger partial charge is 0.251 e. The van der Waals surface area contributed by atoms with Crippen LogP contribution < -0.4 is 9.62 Å². The molecule has 0 unspecified atom stereocenters. The third kappa shape index (κ3) is 3.96. The van der Waals surface area contributed by atoms with Gasteiger partial charge < -0.3 is 5.32 Å². The second-order valence-electron chi connectivity index (χ2n) is 6.04. The average Bonchev–Trinajstić information content (AvgIpc) is 2.94. The van der Waals surface area contributed by atoms with Crippen LogP contribution in [0.15, 0.2) is 48.5 Å². The molecule has 25 heavy (non-hydrogen) atoms. The van der Waals surface area contributed by atoms with E-state index in [4.69, 9.17) is 11.6 Å². The fraction of sp³-hybridized carbons (Fsp3) is 0.278. The maximum Gasteiger partial charge on any atom is 0.251 e. The van der Waals surface area contributed by atoms with Crippen LogP contribution in [0.4, 0.5) is 5.69 Å². The van der Waals surface area contributed by atoms with Gasteiger partial charge in [0.2, 0.25) is 10.0 Å². The van der Waals surface area contributed by atoms with Gasteiger partial charge in [0, 0.05) is 17.1 Å². The lowest BCUT2D eigenvalue weighted by molar-refractivity contribution is 0.0940. The van der Waals surface area contributed by atoms with Crippen LogP contribution >= 0.6 is 11.6 Å². The van der Waals surface area contributed by atoms with E-state index in [9.17, 15) is 13.2 Å². The summed E-state index contributed by atoms with van der Waals surface area (Å²) in [5.41, 5.74) is 1.90. The van der Waals surface area contributed by atoms with Crippen molar-refractivity contribution in [2.75, 3.05) is 16.6 Å². The standard InChI is InChI=1S/C18H19ClN2O3S/c1-13(14-6-8-16(19)9-7-14)20-18(22)15-4-2-5-17(12-15)21-10-3-11-25(21,23)24/h2,4-9,12-13H,3,10-11H2,1H3,(H,20,22)/t13-/m0/s1. The molecule has 0 saturated carbocycles. The lowest BCUT2D eigenvalue weighted by Crippen LogP contribution is -2.28. The number of carbonyl (C=O) groups is 1. The average molecular weight is 379 g/mol. The predicted octanol–water partition coefficient (Wildman–Crippen LogP) is 3.37. The maximum atomic E-state index is 12.5. The van der Waals surface area contributed by atoms with E-state index in [1.807, 2.05) is 19.1 Å². The number of amides is 1. The number of halogens is 1. The minimum absolute atomic E-state index is 0.150. The zero-order valence-electron chi connectivity index (χ0n) is 13.8. The normalized spacial score (nSPS) is 17.3. The van der Waals surface area contributed by atoms with Gasteiger partial charge in [0.05, 0.1) is 17.5 Å². The van der Waals surface area contributed by atoms with Gasteiger partial charge in [-0.3, -0.25) is 9.10 Å². The Balaban J connectivity index is 1.76. The van der Waals surface area contributed by atoms with Gasteiger partial charge >= 0.3 is 0 Å². The number of hydrogen-bond acceptors (Lipinski definition) is 3. The summed E-state index contributed by atoms with van der Waals surface area (Å²) in [5, 5.41) is 3.56. The van der Waals surface area contributed by atoms with Crippen LogP contribution in [0.25, 0.3) is 0 Å². The number of rotatable bonds is 4. The van der Waals surface area contributed by atoms with Crippen molar-refractivity contribution in [1.29, 1.82) is 0 Å². The molecule has 0 aromatic heterocycles. The summed E-state index contributed by atoms with van der Waals surface area (Å²) in [6.07, 6.45) is 0.604. The molecule has 132 valence electrons. The first-order valence-electron chi connectivity index (χ1n) is 8.03. The van der Waals surface area contributed by atoms with Gasteiger partial charge in [-0.2, -0.15) is 0 Å². The van der Waals surface area contributed by atoms with Crippen LogP contribution in [0.2, 0.25) is 5.02 Å². The van der Waals surface area contributed by atoms with Crippen molar-refractivity contribution in [2.24, 2.45) is 0 Å². The van der Waals surface area contributed by atoms with Gasteiger partial charge in [-0.15, -0.1) is 0 Å². The molecule has 1 saturated heterocycles.